The molecule has 3 N–H and O–H groups in total. The van der Waals surface area contributed by atoms with Crippen molar-refractivity contribution in [2.24, 2.45) is 7.05 Å². The van der Waals surface area contributed by atoms with E-state index in [2.05, 4.69) is 25.3 Å². The van der Waals surface area contributed by atoms with Gasteiger partial charge in [0, 0.05) is 31.4 Å². The van der Waals surface area contributed by atoms with Crippen molar-refractivity contribution in [1.29, 1.82) is 0 Å². The molecule has 0 radical (unpaired) electrons. The molecular formula is C12H18N6O2S. The van der Waals surface area contributed by atoms with Gasteiger partial charge >= 0.3 is 0 Å². The monoisotopic (exact) mass is 310 g/mol. The Hall–Kier alpha value is -1.71. The van der Waals surface area contributed by atoms with Crippen LogP contribution in [0.1, 0.15) is 24.1 Å². The molecule has 0 aliphatic heterocycles. The van der Waals surface area contributed by atoms with Crippen LogP contribution in [0.5, 0.6) is 0 Å². The molecule has 0 saturated heterocycles. The van der Waals surface area contributed by atoms with E-state index in [4.69, 9.17) is 0 Å². The van der Waals surface area contributed by atoms with Crippen LogP contribution in [-0.4, -0.2) is 34.4 Å². The number of nitrogens with zero attached hydrogens (tertiary/aromatic N) is 3. The summed E-state index contributed by atoms with van der Waals surface area (Å²) < 4.78 is 28.9. The maximum absolute atomic E-state index is 12.3. The number of sulfonamides is 1. The van der Waals surface area contributed by atoms with Crippen molar-refractivity contribution in [3.63, 3.8) is 0 Å². The number of aromatic amines is 1. The van der Waals surface area contributed by atoms with Gasteiger partial charge in [-0.05, 0) is 18.9 Å². The largest absolute Gasteiger partial charge is 0.310 e. The lowest BCUT2D eigenvalue weighted by molar-refractivity contribution is 0.569. The molecule has 0 amide bonds. The standard InChI is InChI=1S/C12H18N6O2S/c1-18-11(4-5-15-18)8-16-21(19,20)12-9(7-14-17-12)6-13-10-2-3-10/h4-5,7,10,13,16H,2-3,6,8H2,1H3,(H,14,17). The molecule has 1 aliphatic carbocycles. The molecule has 0 spiro atoms. The third-order valence-electron chi connectivity index (χ3n) is 3.47. The maximum Gasteiger partial charge on any atom is 0.258 e. The topological polar surface area (TPSA) is 105 Å². The van der Waals surface area contributed by atoms with Gasteiger partial charge in [-0.25, -0.2) is 13.1 Å². The quantitative estimate of drug-likeness (QED) is 0.661. The van der Waals surface area contributed by atoms with Gasteiger partial charge in [-0.2, -0.15) is 10.2 Å². The first-order valence-electron chi connectivity index (χ1n) is 6.78. The molecule has 3 rings (SSSR count). The number of hydrogen-bond acceptors (Lipinski definition) is 5. The highest BCUT2D eigenvalue weighted by atomic mass is 32.2. The summed E-state index contributed by atoms with van der Waals surface area (Å²) in [6, 6.07) is 2.28. The van der Waals surface area contributed by atoms with Crippen molar-refractivity contribution < 1.29 is 8.42 Å². The van der Waals surface area contributed by atoms with Crippen molar-refractivity contribution in [1.82, 2.24) is 30.0 Å². The highest BCUT2D eigenvalue weighted by Crippen LogP contribution is 2.20. The molecular weight excluding hydrogens is 292 g/mol. The van der Waals surface area contributed by atoms with Gasteiger partial charge in [-0.15, -0.1) is 0 Å². The van der Waals surface area contributed by atoms with Gasteiger partial charge in [-0.1, -0.05) is 0 Å². The predicted octanol–water partition coefficient (Wildman–Crippen LogP) is -0.126. The highest BCUT2D eigenvalue weighted by molar-refractivity contribution is 7.89. The molecule has 0 bridgehead atoms. The van der Waals surface area contributed by atoms with E-state index in [1.54, 1.807) is 30.2 Å². The van der Waals surface area contributed by atoms with Crippen molar-refractivity contribution >= 4 is 10.0 Å². The molecule has 1 saturated carbocycles. The Bertz CT molecular complexity index is 716. The molecule has 2 aromatic heterocycles. The lowest BCUT2D eigenvalue weighted by atomic mass is 10.3. The molecule has 21 heavy (non-hydrogen) atoms. The Morgan fingerprint density at radius 2 is 2.24 bits per heavy atom. The van der Waals surface area contributed by atoms with Crippen LogP contribution in [0.3, 0.4) is 0 Å². The maximum atomic E-state index is 12.3. The number of hydrogen-bond donors (Lipinski definition) is 3. The van der Waals surface area contributed by atoms with Crippen LogP contribution in [0.4, 0.5) is 0 Å². The number of nitrogens with one attached hydrogen (secondary N) is 3. The fraction of sp³-hybridized carbons (Fsp3) is 0.500. The van der Waals surface area contributed by atoms with Crippen LogP contribution >= 0.6 is 0 Å². The first-order valence-corrected chi connectivity index (χ1v) is 8.27. The molecule has 9 heteroatoms. The number of aromatic nitrogens is 4. The average Bonchev–Trinajstić information content (AvgIpc) is 2.98. The predicted molar refractivity (Wildman–Crippen MR) is 75.7 cm³/mol. The minimum absolute atomic E-state index is 0.123. The van der Waals surface area contributed by atoms with Gasteiger partial charge in [-0.3, -0.25) is 9.78 Å². The van der Waals surface area contributed by atoms with E-state index in [1.165, 1.54) is 0 Å². The van der Waals surface area contributed by atoms with E-state index in [9.17, 15) is 8.42 Å². The summed E-state index contributed by atoms with van der Waals surface area (Å²) in [7, 11) is -1.85. The summed E-state index contributed by atoms with van der Waals surface area (Å²) >= 11 is 0. The van der Waals surface area contributed by atoms with Gasteiger partial charge in [0.15, 0.2) is 5.03 Å². The van der Waals surface area contributed by atoms with Crippen molar-refractivity contribution in [3.8, 4) is 0 Å². The molecule has 114 valence electrons. The zero-order chi connectivity index (χ0) is 14.9. The summed E-state index contributed by atoms with van der Waals surface area (Å²) in [5.41, 5.74) is 1.44. The third kappa shape index (κ3) is 3.31. The minimum Gasteiger partial charge on any atom is -0.310 e. The normalized spacial score (nSPS) is 15.5. The molecule has 0 aromatic carbocycles. The molecule has 2 aromatic rings. The second-order valence-electron chi connectivity index (χ2n) is 5.15. The van der Waals surface area contributed by atoms with Gasteiger partial charge < -0.3 is 5.32 Å². The van der Waals surface area contributed by atoms with Crippen LogP contribution in [-0.2, 0) is 30.2 Å². The minimum atomic E-state index is -3.62. The van der Waals surface area contributed by atoms with Gasteiger partial charge in [0.1, 0.15) is 0 Å². The zero-order valence-electron chi connectivity index (χ0n) is 11.7. The van der Waals surface area contributed by atoms with Crippen LogP contribution in [0.15, 0.2) is 23.5 Å². The van der Waals surface area contributed by atoms with E-state index >= 15 is 0 Å². The van der Waals surface area contributed by atoms with Crippen molar-refractivity contribution in [2.75, 3.05) is 0 Å². The lowest BCUT2D eigenvalue weighted by Gasteiger charge is -2.08. The van der Waals surface area contributed by atoms with Gasteiger partial charge in [0.05, 0.1) is 18.4 Å². The Labute approximate surface area is 123 Å². The molecule has 1 fully saturated rings. The summed E-state index contributed by atoms with van der Waals surface area (Å²) in [6.45, 7) is 0.691. The fourth-order valence-corrected chi connectivity index (χ4v) is 3.14. The molecule has 2 heterocycles. The van der Waals surface area contributed by atoms with E-state index in [-0.39, 0.29) is 11.6 Å². The average molecular weight is 310 g/mol. The first kappa shape index (κ1) is 14.2. The first-order chi connectivity index (χ1) is 10.1. The Balaban J connectivity index is 1.69. The smallest absolute Gasteiger partial charge is 0.258 e. The van der Waals surface area contributed by atoms with Gasteiger partial charge in [0.2, 0.25) is 0 Å². The van der Waals surface area contributed by atoms with E-state index in [1.807, 2.05) is 0 Å². The molecule has 0 atom stereocenters. The summed E-state index contributed by atoms with van der Waals surface area (Å²) in [5.74, 6) is 0. The van der Waals surface area contributed by atoms with Crippen LogP contribution in [0.2, 0.25) is 0 Å². The van der Waals surface area contributed by atoms with Crippen molar-refractivity contribution in [2.45, 2.75) is 37.0 Å². The second kappa shape index (κ2) is 5.58. The third-order valence-corrected chi connectivity index (χ3v) is 4.89. The number of aryl methyl sites for hydroxylation is 1. The van der Waals surface area contributed by atoms with Crippen LogP contribution in [0.25, 0.3) is 0 Å². The summed E-state index contributed by atoms with van der Waals surface area (Å²) in [5, 5.41) is 13.8. The number of H-pyrrole nitrogens is 1. The molecule has 8 nitrogen and oxygen atoms in total. The second-order valence-corrected chi connectivity index (χ2v) is 6.85. The lowest BCUT2D eigenvalue weighted by Crippen LogP contribution is -2.26. The van der Waals surface area contributed by atoms with Crippen LogP contribution in [0, 0.1) is 0 Å². The van der Waals surface area contributed by atoms with E-state index < -0.39 is 10.0 Å². The molecule has 0 unspecified atom stereocenters. The SMILES string of the molecule is Cn1nccc1CNS(=O)(=O)c1[nH]ncc1CNC1CC1. The van der Waals surface area contributed by atoms with E-state index in [0.29, 0.717) is 18.2 Å². The van der Waals surface area contributed by atoms with Crippen LogP contribution < -0.4 is 10.0 Å². The zero-order valence-corrected chi connectivity index (χ0v) is 12.5. The highest BCUT2D eigenvalue weighted by Gasteiger charge is 2.24. The summed E-state index contributed by atoms with van der Waals surface area (Å²) in [4.78, 5) is 0. The number of rotatable bonds is 7. The van der Waals surface area contributed by atoms with Crippen molar-refractivity contribution in [3.05, 3.63) is 29.7 Å². The Morgan fingerprint density at radius 1 is 1.43 bits per heavy atom. The summed E-state index contributed by atoms with van der Waals surface area (Å²) in [6.07, 6.45) is 5.48. The Kier molecular flexibility index (Phi) is 3.79. The fourth-order valence-electron chi connectivity index (χ4n) is 2.02. The van der Waals surface area contributed by atoms with Gasteiger partial charge in [0.25, 0.3) is 10.0 Å². The Morgan fingerprint density at radius 3 is 2.90 bits per heavy atom. The molecule has 1 aliphatic rings. The van der Waals surface area contributed by atoms with E-state index in [0.717, 1.165) is 18.5 Å².